The number of ether oxygens (including phenoxy) is 1. The van der Waals surface area contributed by atoms with Crippen molar-refractivity contribution in [3.63, 3.8) is 0 Å². The van der Waals surface area contributed by atoms with Gasteiger partial charge in [0.15, 0.2) is 22.7 Å². The van der Waals surface area contributed by atoms with Gasteiger partial charge >= 0.3 is 0 Å². The Bertz CT molecular complexity index is 1300. The zero-order valence-electron chi connectivity index (χ0n) is 17.5. The number of rotatable bonds is 9. The third-order valence-corrected chi connectivity index (χ3v) is 7.02. The predicted molar refractivity (Wildman–Crippen MR) is 128 cm³/mol. The third kappa shape index (κ3) is 5.42. The lowest BCUT2D eigenvalue weighted by molar-refractivity contribution is -0.116. The van der Waals surface area contributed by atoms with Crippen molar-refractivity contribution in [2.24, 2.45) is 7.05 Å². The number of thioether (sulfide) groups is 1. The van der Waals surface area contributed by atoms with Crippen LogP contribution < -0.4 is 4.74 Å². The zero-order chi connectivity index (χ0) is 23.2. The molecule has 0 aliphatic rings. The molecule has 4 rings (SSSR count). The van der Waals surface area contributed by atoms with Crippen LogP contribution in [0.15, 0.2) is 65.1 Å². The van der Waals surface area contributed by atoms with Crippen LogP contribution in [0.25, 0.3) is 11.3 Å². The molecule has 0 aliphatic heterocycles. The molecule has 1 atom stereocenters. The Hall–Kier alpha value is -3.19. The summed E-state index contributed by atoms with van der Waals surface area (Å²) in [5.41, 5.74) is 1.71. The number of Topliss-reactive ketones (excluding diaryl/α,β-unsaturated/α-hetero) is 1. The Morgan fingerprint density at radius 1 is 1.21 bits per heavy atom. The second-order valence-corrected chi connectivity index (χ2v) is 9.17. The van der Waals surface area contributed by atoms with Crippen LogP contribution in [0.3, 0.4) is 0 Å². The Morgan fingerprint density at radius 2 is 1.97 bits per heavy atom. The molecule has 0 spiro atoms. The fraction of sp³-hybridized carbons (Fsp3) is 0.174. The number of para-hydroxylation sites is 1. The van der Waals surface area contributed by atoms with Gasteiger partial charge < -0.3 is 9.30 Å². The van der Waals surface area contributed by atoms with E-state index in [9.17, 15) is 10.1 Å². The fourth-order valence-corrected chi connectivity index (χ4v) is 4.86. The number of aromatic nitrogens is 4. The molecule has 7 nitrogen and oxygen atoms in total. The first-order chi connectivity index (χ1) is 16.1. The first kappa shape index (κ1) is 23.0. The summed E-state index contributed by atoms with van der Waals surface area (Å²) in [7, 11) is 1.80. The van der Waals surface area contributed by atoms with Crippen molar-refractivity contribution in [3.8, 4) is 23.1 Å². The van der Waals surface area contributed by atoms with Gasteiger partial charge in [0.2, 0.25) is 0 Å². The molecule has 166 valence electrons. The molecule has 2 aromatic heterocycles. The van der Waals surface area contributed by atoms with Gasteiger partial charge in [-0.15, -0.1) is 21.5 Å². The number of hydrogen-bond acceptors (Lipinski definition) is 8. The number of thiazole rings is 1. The largest absolute Gasteiger partial charge is 0.484 e. The zero-order valence-corrected chi connectivity index (χ0v) is 19.9. The van der Waals surface area contributed by atoms with Crippen LogP contribution in [-0.4, -0.2) is 31.3 Å². The van der Waals surface area contributed by atoms with E-state index in [1.54, 1.807) is 23.7 Å². The van der Waals surface area contributed by atoms with Crippen LogP contribution in [0.2, 0.25) is 5.02 Å². The van der Waals surface area contributed by atoms with Crippen molar-refractivity contribution < 1.29 is 9.53 Å². The quantitative estimate of drug-likeness (QED) is 0.297. The van der Waals surface area contributed by atoms with Gasteiger partial charge in [0.05, 0.1) is 22.5 Å². The van der Waals surface area contributed by atoms with Gasteiger partial charge in [0.25, 0.3) is 0 Å². The maximum atomic E-state index is 12.8. The number of hydrogen-bond donors (Lipinski definition) is 0. The Balaban J connectivity index is 1.38. The SMILES string of the molecule is Cn1c(COc2ccccc2Cl)nnc1SCC(=O)C(C#N)c1nc(-c2ccccc2)cs1. The highest BCUT2D eigenvalue weighted by Gasteiger charge is 2.25. The molecule has 0 radical (unpaired) electrons. The summed E-state index contributed by atoms with van der Waals surface area (Å²) in [6, 6.07) is 18.9. The fourth-order valence-electron chi connectivity index (χ4n) is 2.95. The number of nitriles is 1. The lowest BCUT2D eigenvalue weighted by Gasteiger charge is -2.08. The van der Waals surface area contributed by atoms with Gasteiger partial charge in [-0.3, -0.25) is 4.79 Å². The first-order valence-electron chi connectivity index (χ1n) is 9.88. The van der Waals surface area contributed by atoms with Crippen molar-refractivity contribution in [2.45, 2.75) is 17.7 Å². The minimum Gasteiger partial charge on any atom is -0.484 e. The maximum Gasteiger partial charge on any atom is 0.191 e. The van der Waals surface area contributed by atoms with E-state index in [0.717, 1.165) is 11.3 Å². The Kier molecular flexibility index (Phi) is 7.40. The molecule has 4 aromatic rings. The molecular formula is C23H18ClN5O2S2. The minimum atomic E-state index is -0.920. The number of nitrogens with zero attached hydrogens (tertiary/aromatic N) is 5. The van der Waals surface area contributed by atoms with Crippen LogP contribution in [0, 0.1) is 11.3 Å². The van der Waals surface area contributed by atoms with E-state index in [4.69, 9.17) is 16.3 Å². The van der Waals surface area contributed by atoms with E-state index in [0.29, 0.717) is 26.8 Å². The van der Waals surface area contributed by atoms with Crippen LogP contribution in [0.1, 0.15) is 16.7 Å². The van der Waals surface area contributed by atoms with Gasteiger partial charge in [0.1, 0.15) is 17.4 Å². The molecule has 2 aromatic carbocycles. The van der Waals surface area contributed by atoms with Crippen LogP contribution in [0.4, 0.5) is 0 Å². The van der Waals surface area contributed by atoms with Crippen LogP contribution in [0.5, 0.6) is 5.75 Å². The molecule has 0 N–H and O–H groups in total. The van der Waals surface area contributed by atoms with E-state index in [1.807, 2.05) is 47.8 Å². The van der Waals surface area contributed by atoms with E-state index in [-0.39, 0.29) is 18.1 Å². The van der Waals surface area contributed by atoms with E-state index < -0.39 is 5.92 Å². The molecule has 0 saturated heterocycles. The van der Waals surface area contributed by atoms with Crippen LogP contribution >= 0.6 is 34.7 Å². The standard InChI is InChI=1S/C23H18ClN5O2S2/c1-29-21(12-31-20-10-6-5-9-17(20)24)27-28-23(29)33-14-19(30)16(11-25)22-26-18(13-32-22)15-7-3-2-4-8-15/h2-10,13,16H,12,14H2,1H3. The number of halogens is 1. The van der Waals surface area contributed by atoms with Gasteiger partial charge in [-0.25, -0.2) is 4.98 Å². The molecule has 10 heteroatoms. The Morgan fingerprint density at radius 3 is 2.73 bits per heavy atom. The van der Waals surface area contributed by atoms with Gasteiger partial charge in [-0.1, -0.05) is 65.8 Å². The summed E-state index contributed by atoms with van der Waals surface area (Å²) in [6.07, 6.45) is 0. The summed E-state index contributed by atoms with van der Waals surface area (Å²) in [5, 5.41) is 21.3. The van der Waals surface area contributed by atoms with Crippen molar-refractivity contribution >= 4 is 40.5 Å². The Labute approximate surface area is 204 Å². The molecule has 2 heterocycles. The average molecular weight is 496 g/mol. The normalized spacial score (nSPS) is 11.7. The highest BCUT2D eigenvalue weighted by molar-refractivity contribution is 7.99. The monoisotopic (exact) mass is 495 g/mol. The van der Waals surface area contributed by atoms with E-state index in [1.165, 1.54) is 23.1 Å². The predicted octanol–water partition coefficient (Wildman–Crippen LogP) is 5.14. The highest BCUT2D eigenvalue weighted by Crippen LogP contribution is 2.29. The number of benzene rings is 2. The van der Waals surface area contributed by atoms with Gasteiger partial charge in [-0.2, -0.15) is 5.26 Å². The lowest BCUT2D eigenvalue weighted by atomic mass is 10.1. The topological polar surface area (TPSA) is 93.7 Å². The summed E-state index contributed by atoms with van der Waals surface area (Å²) >= 11 is 8.65. The average Bonchev–Trinajstić information content (AvgIpc) is 3.45. The summed E-state index contributed by atoms with van der Waals surface area (Å²) < 4.78 is 7.47. The smallest absolute Gasteiger partial charge is 0.191 e. The third-order valence-electron chi connectivity index (χ3n) is 4.75. The number of carbonyl (C=O) groups is 1. The van der Waals surface area contributed by atoms with Crippen LogP contribution in [-0.2, 0) is 18.4 Å². The molecular weight excluding hydrogens is 478 g/mol. The summed E-state index contributed by atoms with van der Waals surface area (Å²) in [5.74, 6) is 0.0796. The lowest BCUT2D eigenvalue weighted by Crippen LogP contribution is -2.13. The van der Waals surface area contributed by atoms with E-state index in [2.05, 4.69) is 21.3 Å². The van der Waals surface area contributed by atoms with Gasteiger partial charge in [-0.05, 0) is 12.1 Å². The number of ketones is 1. The van der Waals surface area contributed by atoms with Crippen molar-refractivity contribution in [1.82, 2.24) is 19.7 Å². The molecule has 0 bridgehead atoms. The summed E-state index contributed by atoms with van der Waals surface area (Å²) in [4.78, 5) is 17.3. The molecule has 0 amide bonds. The molecule has 33 heavy (non-hydrogen) atoms. The van der Waals surface area contributed by atoms with Gasteiger partial charge in [0, 0.05) is 18.0 Å². The molecule has 0 fully saturated rings. The highest BCUT2D eigenvalue weighted by atomic mass is 35.5. The van der Waals surface area contributed by atoms with Crippen molar-refractivity contribution in [2.75, 3.05) is 5.75 Å². The minimum absolute atomic E-state index is 0.0792. The summed E-state index contributed by atoms with van der Waals surface area (Å²) in [6.45, 7) is 0.184. The van der Waals surface area contributed by atoms with E-state index >= 15 is 0 Å². The van der Waals surface area contributed by atoms with Crippen molar-refractivity contribution in [1.29, 1.82) is 5.26 Å². The second kappa shape index (κ2) is 10.6. The first-order valence-corrected chi connectivity index (χ1v) is 12.1. The second-order valence-electron chi connectivity index (χ2n) is 6.93. The van der Waals surface area contributed by atoms with Crippen molar-refractivity contribution in [3.05, 3.63) is 75.8 Å². The number of carbonyl (C=O) groups excluding carboxylic acids is 1. The molecule has 0 aliphatic carbocycles. The molecule has 1 unspecified atom stereocenters. The molecule has 0 saturated carbocycles. The maximum absolute atomic E-state index is 12.8.